The summed E-state index contributed by atoms with van der Waals surface area (Å²) in [5, 5.41) is 0. The number of halogens is 3. The summed E-state index contributed by atoms with van der Waals surface area (Å²) in [6, 6.07) is 3.11. The predicted octanol–water partition coefficient (Wildman–Crippen LogP) is 3.47. The lowest BCUT2D eigenvalue weighted by atomic mass is 10.1. The first-order valence-electron chi connectivity index (χ1n) is 7.95. The number of nitrogens with zero attached hydrogens (tertiary/aromatic N) is 3. The number of anilines is 1. The molecule has 140 valence electrons. The van der Waals surface area contributed by atoms with Crippen LogP contribution in [0.5, 0.6) is 17.5 Å². The fourth-order valence-corrected chi connectivity index (χ4v) is 2.73. The van der Waals surface area contributed by atoms with Gasteiger partial charge in [0.15, 0.2) is 0 Å². The van der Waals surface area contributed by atoms with E-state index in [-0.39, 0.29) is 30.2 Å². The van der Waals surface area contributed by atoms with Gasteiger partial charge < -0.3 is 19.1 Å². The standard InChI is InChI=1S/C17H18F3N3O3/c1-4-25-16-15(24-3)21-8-11(22-16)13-9-26-14-7-10(17(18,19)20)5-6-12(14)23(13)2/h5-8,13H,4,9H2,1-3H3. The van der Waals surface area contributed by atoms with Gasteiger partial charge in [0.25, 0.3) is 11.8 Å². The van der Waals surface area contributed by atoms with Crippen LogP contribution in [0.3, 0.4) is 0 Å². The molecule has 1 aromatic carbocycles. The molecule has 0 fully saturated rings. The average molecular weight is 369 g/mol. The Morgan fingerprint density at radius 3 is 2.73 bits per heavy atom. The predicted molar refractivity (Wildman–Crippen MR) is 87.8 cm³/mol. The van der Waals surface area contributed by atoms with Crippen molar-refractivity contribution in [3.63, 3.8) is 0 Å². The maximum absolute atomic E-state index is 12.9. The topological polar surface area (TPSA) is 56.7 Å². The number of fused-ring (bicyclic) bond motifs is 1. The minimum Gasteiger partial charge on any atom is -0.489 e. The summed E-state index contributed by atoms with van der Waals surface area (Å²) in [5.74, 6) is 0.717. The number of aromatic nitrogens is 2. The fourth-order valence-electron chi connectivity index (χ4n) is 2.73. The van der Waals surface area contributed by atoms with E-state index in [0.717, 1.165) is 12.1 Å². The molecule has 1 aliphatic heterocycles. The number of hydrogen-bond acceptors (Lipinski definition) is 6. The van der Waals surface area contributed by atoms with Crippen LogP contribution in [0.25, 0.3) is 0 Å². The lowest BCUT2D eigenvalue weighted by Gasteiger charge is -2.35. The van der Waals surface area contributed by atoms with Crippen molar-refractivity contribution in [1.29, 1.82) is 0 Å². The van der Waals surface area contributed by atoms with Gasteiger partial charge in [-0.1, -0.05) is 0 Å². The summed E-state index contributed by atoms with van der Waals surface area (Å²) in [5.41, 5.74) is 0.373. The minimum absolute atomic E-state index is 0.136. The molecule has 1 unspecified atom stereocenters. The van der Waals surface area contributed by atoms with Crippen molar-refractivity contribution in [1.82, 2.24) is 9.97 Å². The van der Waals surface area contributed by atoms with Crippen molar-refractivity contribution in [2.75, 3.05) is 32.3 Å². The van der Waals surface area contributed by atoms with Crippen molar-refractivity contribution in [3.05, 3.63) is 35.7 Å². The zero-order valence-electron chi connectivity index (χ0n) is 14.5. The van der Waals surface area contributed by atoms with Crippen LogP contribution in [-0.4, -0.2) is 37.3 Å². The molecule has 6 nitrogen and oxygen atoms in total. The number of rotatable bonds is 4. The lowest BCUT2D eigenvalue weighted by molar-refractivity contribution is -0.137. The van der Waals surface area contributed by atoms with E-state index in [4.69, 9.17) is 14.2 Å². The molecule has 0 radical (unpaired) electrons. The molecule has 0 bridgehead atoms. The van der Waals surface area contributed by atoms with Crippen LogP contribution < -0.4 is 19.1 Å². The summed E-state index contributed by atoms with van der Waals surface area (Å²) < 4.78 is 54.7. The quantitative estimate of drug-likeness (QED) is 0.823. The molecule has 1 aliphatic rings. The van der Waals surface area contributed by atoms with E-state index < -0.39 is 11.7 Å². The molecule has 0 saturated heterocycles. The smallest absolute Gasteiger partial charge is 0.416 e. The molecule has 26 heavy (non-hydrogen) atoms. The second kappa shape index (κ2) is 6.89. The average Bonchev–Trinajstić information content (AvgIpc) is 2.61. The van der Waals surface area contributed by atoms with Crippen LogP contribution in [0, 0.1) is 0 Å². The number of ether oxygens (including phenoxy) is 3. The van der Waals surface area contributed by atoms with Gasteiger partial charge in [-0.25, -0.2) is 9.97 Å². The molecule has 2 aromatic rings. The molecule has 0 aliphatic carbocycles. The van der Waals surface area contributed by atoms with Crippen molar-refractivity contribution >= 4 is 5.69 Å². The maximum atomic E-state index is 12.9. The van der Waals surface area contributed by atoms with Crippen molar-refractivity contribution in [2.45, 2.75) is 19.1 Å². The van der Waals surface area contributed by atoms with Gasteiger partial charge in [-0.15, -0.1) is 0 Å². The number of hydrogen-bond donors (Lipinski definition) is 0. The van der Waals surface area contributed by atoms with E-state index in [9.17, 15) is 13.2 Å². The van der Waals surface area contributed by atoms with Crippen LogP contribution in [0.15, 0.2) is 24.4 Å². The highest BCUT2D eigenvalue weighted by molar-refractivity contribution is 5.62. The molecule has 1 aromatic heterocycles. The molecule has 0 saturated carbocycles. The fraction of sp³-hybridized carbons (Fsp3) is 0.412. The van der Waals surface area contributed by atoms with Gasteiger partial charge in [-0.3, -0.25) is 0 Å². The van der Waals surface area contributed by atoms with Crippen LogP contribution in [0.4, 0.5) is 18.9 Å². The Kier molecular flexibility index (Phi) is 4.80. The second-order valence-electron chi connectivity index (χ2n) is 5.66. The van der Waals surface area contributed by atoms with E-state index in [0.29, 0.717) is 18.0 Å². The van der Waals surface area contributed by atoms with Gasteiger partial charge in [0.2, 0.25) is 0 Å². The molecule has 0 amide bonds. The number of methoxy groups -OCH3 is 1. The Bertz CT molecular complexity index is 799. The molecule has 3 rings (SSSR count). The van der Waals surface area contributed by atoms with E-state index in [1.54, 1.807) is 13.2 Å². The third-order valence-corrected chi connectivity index (χ3v) is 4.07. The molecule has 2 heterocycles. The summed E-state index contributed by atoms with van der Waals surface area (Å²) >= 11 is 0. The largest absolute Gasteiger partial charge is 0.489 e. The zero-order chi connectivity index (χ0) is 18.9. The van der Waals surface area contributed by atoms with Crippen LogP contribution in [-0.2, 0) is 6.18 Å². The molecule has 1 atom stereocenters. The SMILES string of the molecule is CCOc1nc(C2COc3cc(C(F)(F)F)ccc3N2C)cnc1OC. The highest BCUT2D eigenvalue weighted by Gasteiger charge is 2.34. The van der Waals surface area contributed by atoms with Gasteiger partial charge in [-0.05, 0) is 25.1 Å². The van der Waals surface area contributed by atoms with Crippen molar-refractivity contribution in [2.24, 2.45) is 0 Å². The van der Waals surface area contributed by atoms with E-state index >= 15 is 0 Å². The summed E-state index contributed by atoms with van der Waals surface area (Å²) in [4.78, 5) is 10.4. The Balaban J connectivity index is 1.92. The van der Waals surface area contributed by atoms with Gasteiger partial charge in [0.1, 0.15) is 18.4 Å². The maximum Gasteiger partial charge on any atom is 0.416 e. The van der Waals surface area contributed by atoms with Crippen LogP contribution >= 0.6 is 0 Å². The Labute approximate surface area is 148 Å². The summed E-state index contributed by atoms with van der Waals surface area (Å²) in [6.45, 7) is 2.35. The monoisotopic (exact) mass is 369 g/mol. The Morgan fingerprint density at radius 1 is 1.31 bits per heavy atom. The first kappa shape index (κ1) is 18.1. The first-order valence-corrected chi connectivity index (χ1v) is 7.95. The molecular formula is C17H18F3N3O3. The number of benzene rings is 1. The molecule has 0 spiro atoms. The van der Waals surface area contributed by atoms with Crippen LogP contribution in [0.1, 0.15) is 24.2 Å². The van der Waals surface area contributed by atoms with Crippen molar-refractivity contribution in [3.8, 4) is 17.5 Å². The van der Waals surface area contributed by atoms with Gasteiger partial charge in [0, 0.05) is 7.05 Å². The second-order valence-corrected chi connectivity index (χ2v) is 5.66. The normalized spacial score (nSPS) is 16.7. The highest BCUT2D eigenvalue weighted by atomic mass is 19.4. The highest BCUT2D eigenvalue weighted by Crippen LogP contribution is 2.42. The Hall–Kier alpha value is -2.71. The zero-order valence-corrected chi connectivity index (χ0v) is 14.5. The number of alkyl halides is 3. The molecular weight excluding hydrogens is 351 g/mol. The summed E-state index contributed by atoms with van der Waals surface area (Å²) in [6.07, 6.45) is -2.87. The van der Waals surface area contributed by atoms with Crippen LogP contribution in [0.2, 0.25) is 0 Å². The van der Waals surface area contributed by atoms with Gasteiger partial charge >= 0.3 is 6.18 Å². The van der Waals surface area contributed by atoms with Gasteiger partial charge in [0.05, 0.1) is 36.9 Å². The third kappa shape index (κ3) is 3.33. The van der Waals surface area contributed by atoms with E-state index in [1.165, 1.54) is 13.2 Å². The summed E-state index contributed by atoms with van der Waals surface area (Å²) in [7, 11) is 3.24. The van der Waals surface area contributed by atoms with E-state index in [1.807, 2.05) is 11.8 Å². The third-order valence-electron chi connectivity index (χ3n) is 4.07. The molecule has 0 N–H and O–H groups in total. The lowest BCUT2D eigenvalue weighted by Crippen LogP contribution is -2.34. The van der Waals surface area contributed by atoms with Crippen molar-refractivity contribution < 1.29 is 27.4 Å². The number of likely N-dealkylation sites (N-methyl/N-ethyl adjacent to an activating group) is 1. The van der Waals surface area contributed by atoms with E-state index in [2.05, 4.69) is 9.97 Å². The minimum atomic E-state index is -4.42. The van der Waals surface area contributed by atoms with Gasteiger partial charge in [-0.2, -0.15) is 13.2 Å². The molecule has 9 heteroatoms. The Morgan fingerprint density at radius 2 is 2.08 bits per heavy atom. The first-order chi connectivity index (χ1) is 12.3.